The Morgan fingerprint density at radius 2 is 1.64 bits per heavy atom. The second-order valence-corrected chi connectivity index (χ2v) is 12.5. The summed E-state index contributed by atoms with van der Waals surface area (Å²) in [5, 5.41) is 2.15. The van der Waals surface area contributed by atoms with Crippen LogP contribution in [-0.2, 0) is 29.1 Å². The summed E-state index contributed by atoms with van der Waals surface area (Å²) in [6.45, 7) is 7.22. The van der Waals surface area contributed by atoms with Crippen molar-refractivity contribution in [2.24, 2.45) is 0 Å². The molecule has 2 atom stereocenters. The normalized spacial score (nSPS) is 22.1. The maximum Gasteiger partial charge on any atom is 0.245 e. The van der Waals surface area contributed by atoms with Crippen LogP contribution in [0.25, 0.3) is 10.8 Å². The Morgan fingerprint density at radius 3 is 2.36 bits per heavy atom. The number of nitrogens with zero attached hydrogens (tertiary/aromatic N) is 4. The third-order valence-corrected chi connectivity index (χ3v) is 9.97. The molecule has 0 spiro atoms. The van der Waals surface area contributed by atoms with Crippen LogP contribution in [0.15, 0.2) is 41.3 Å². The van der Waals surface area contributed by atoms with Crippen LogP contribution in [0.1, 0.15) is 13.3 Å². The fraction of sp³-hybridized carbons (Fsp3) is 0.556. The molecule has 2 amide bonds. The summed E-state index contributed by atoms with van der Waals surface area (Å²) in [5.41, 5.74) is 0. The fourth-order valence-corrected chi connectivity index (χ4v) is 7.34. The SMILES string of the molecule is C[C@@H](C(=O)N1CCOCC1)N1CC[C@H](N(CCN2CCOCC2)S(=O)(=O)c2ccc3cc(Cl)ccc3c2)C1=O. The largest absolute Gasteiger partial charge is 0.379 e. The van der Waals surface area contributed by atoms with E-state index in [-0.39, 0.29) is 23.3 Å². The number of amides is 2. The second-order valence-electron chi connectivity index (χ2n) is 10.2. The van der Waals surface area contributed by atoms with Crippen LogP contribution < -0.4 is 0 Å². The van der Waals surface area contributed by atoms with E-state index in [2.05, 4.69) is 4.90 Å². The lowest BCUT2D eigenvalue weighted by Crippen LogP contribution is -2.53. The molecule has 39 heavy (non-hydrogen) atoms. The Labute approximate surface area is 234 Å². The quantitative estimate of drug-likeness (QED) is 0.470. The summed E-state index contributed by atoms with van der Waals surface area (Å²) >= 11 is 6.11. The minimum atomic E-state index is -4.03. The molecule has 2 aromatic carbocycles. The van der Waals surface area contributed by atoms with E-state index in [0.29, 0.717) is 77.1 Å². The van der Waals surface area contributed by atoms with E-state index in [1.54, 1.807) is 48.2 Å². The van der Waals surface area contributed by atoms with Gasteiger partial charge in [-0.3, -0.25) is 14.5 Å². The average Bonchev–Trinajstić information content (AvgIpc) is 3.33. The molecule has 3 fully saturated rings. The number of fused-ring (bicyclic) bond motifs is 1. The maximum absolute atomic E-state index is 14.1. The van der Waals surface area contributed by atoms with Gasteiger partial charge in [0.05, 0.1) is 31.3 Å². The predicted molar refractivity (Wildman–Crippen MR) is 147 cm³/mol. The summed E-state index contributed by atoms with van der Waals surface area (Å²) in [7, 11) is -4.03. The molecular formula is C27H35ClN4O6S. The van der Waals surface area contributed by atoms with Gasteiger partial charge in [0.2, 0.25) is 21.8 Å². The van der Waals surface area contributed by atoms with Gasteiger partial charge in [0.1, 0.15) is 12.1 Å². The number of likely N-dealkylation sites (tertiary alicyclic amines) is 1. The van der Waals surface area contributed by atoms with E-state index in [4.69, 9.17) is 21.1 Å². The first-order chi connectivity index (χ1) is 18.8. The van der Waals surface area contributed by atoms with Crippen molar-refractivity contribution in [1.29, 1.82) is 0 Å². The summed E-state index contributed by atoms with van der Waals surface area (Å²) in [6, 6.07) is 8.68. The molecule has 3 aliphatic heterocycles. The van der Waals surface area contributed by atoms with Gasteiger partial charge in [-0.1, -0.05) is 23.7 Å². The summed E-state index contributed by atoms with van der Waals surface area (Å²) in [5.74, 6) is -0.467. The van der Waals surface area contributed by atoms with Crippen molar-refractivity contribution in [3.05, 3.63) is 41.4 Å². The molecule has 212 valence electrons. The van der Waals surface area contributed by atoms with Crippen molar-refractivity contribution in [2.45, 2.75) is 30.3 Å². The molecule has 3 saturated heterocycles. The standard InChI is InChI=1S/C27H35ClN4O6S/c1-20(26(33)30-12-16-38-17-13-30)31-7-6-25(27(31)34)32(9-8-29-10-14-37-15-11-29)39(35,36)24-5-3-21-18-23(28)4-2-22(21)19-24/h2-5,18-20,25H,6-17H2,1H3/t20-,25-/m0/s1. The number of carbonyl (C=O) groups is 2. The van der Waals surface area contributed by atoms with Crippen LogP contribution in [0.2, 0.25) is 5.02 Å². The topological polar surface area (TPSA) is 99.7 Å². The Kier molecular flexibility index (Phi) is 8.75. The maximum atomic E-state index is 14.1. The second kappa shape index (κ2) is 12.1. The zero-order valence-corrected chi connectivity index (χ0v) is 23.7. The average molecular weight is 579 g/mol. The summed E-state index contributed by atoms with van der Waals surface area (Å²) in [6.07, 6.45) is 0.324. The lowest BCUT2D eigenvalue weighted by molar-refractivity contribution is -0.146. The van der Waals surface area contributed by atoms with Crippen molar-refractivity contribution in [2.75, 3.05) is 72.2 Å². The molecule has 5 rings (SSSR count). The van der Waals surface area contributed by atoms with Crippen molar-refractivity contribution in [3.63, 3.8) is 0 Å². The number of halogens is 1. The van der Waals surface area contributed by atoms with Crippen LogP contribution in [0.3, 0.4) is 0 Å². The van der Waals surface area contributed by atoms with Gasteiger partial charge in [0, 0.05) is 50.8 Å². The number of morpholine rings is 2. The Balaban J connectivity index is 1.40. The van der Waals surface area contributed by atoms with Gasteiger partial charge in [0.25, 0.3) is 0 Å². The van der Waals surface area contributed by atoms with E-state index in [1.807, 2.05) is 0 Å². The molecular weight excluding hydrogens is 544 g/mol. The van der Waals surface area contributed by atoms with E-state index < -0.39 is 22.1 Å². The van der Waals surface area contributed by atoms with Gasteiger partial charge in [-0.05, 0) is 48.4 Å². The van der Waals surface area contributed by atoms with E-state index in [0.717, 1.165) is 10.8 Å². The molecule has 2 aromatic rings. The molecule has 3 heterocycles. The lowest BCUT2D eigenvalue weighted by Gasteiger charge is -2.34. The molecule has 0 aromatic heterocycles. The first-order valence-corrected chi connectivity index (χ1v) is 15.3. The molecule has 0 saturated carbocycles. The van der Waals surface area contributed by atoms with Gasteiger partial charge >= 0.3 is 0 Å². The fourth-order valence-electron chi connectivity index (χ4n) is 5.52. The highest BCUT2D eigenvalue weighted by atomic mass is 35.5. The first-order valence-electron chi connectivity index (χ1n) is 13.4. The zero-order valence-electron chi connectivity index (χ0n) is 22.1. The first kappa shape index (κ1) is 28.3. The van der Waals surface area contributed by atoms with Crippen molar-refractivity contribution in [1.82, 2.24) is 19.0 Å². The number of sulfonamides is 1. The number of hydrogen-bond donors (Lipinski definition) is 0. The van der Waals surface area contributed by atoms with Crippen LogP contribution in [0, 0.1) is 0 Å². The molecule has 12 heteroatoms. The number of carbonyl (C=O) groups excluding carboxylic acids is 2. The van der Waals surface area contributed by atoms with Crippen LogP contribution in [-0.4, -0.2) is 124 Å². The summed E-state index contributed by atoms with van der Waals surface area (Å²) in [4.78, 5) is 32.4. The number of rotatable bonds is 8. The summed E-state index contributed by atoms with van der Waals surface area (Å²) < 4.78 is 40.3. The molecule has 3 aliphatic rings. The molecule has 0 radical (unpaired) electrons. The van der Waals surface area contributed by atoms with Crippen molar-refractivity contribution >= 4 is 44.2 Å². The predicted octanol–water partition coefficient (Wildman–Crippen LogP) is 1.66. The third kappa shape index (κ3) is 6.08. The number of benzene rings is 2. The minimum absolute atomic E-state index is 0.128. The third-order valence-electron chi connectivity index (χ3n) is 7.83. The van der Waals surface area contributed by atoms with Gasteiger partial charge in [-0.15, -0.1) is 0 Å². The Morgan fingerprint density at radius 1 is 1.00 bits per heavy atom. The number of ether oxygens (including phenoxy) is 2. The highest BCUT2D eigenvalue weighted by Crippen LogP contribution is 2.29. The van der Waals surface area contributed by atoms with Crippen LogP contribution in [0.4, 0.5) is 0 Å². The molecule has 0 bridgehead atoms. The molecule has 10 nitrogen and oxygen atoms in total. The zero-order chi connectivity index (χ0) is 27.6. The Hall–Kier alpha value is -2.28. The van der Waals surface area contributed by atoms with Gasteiger partial charge < -0.3 is 19.3 Å². The van der Waals surface area contributed by atoms with E-state index in [1.165, 1.54) is 9.21 Å². The van der Waals surface area contributed by atoms with Crippen molar-refractivity contribution in [3.8, 4) is 0 Å². The Bertz CT molecular complexity index is 1310. The molecule has 0 unspecified atom stereocenters. The van der Waals surface area contributed by atoms with Gasteiger partial charge in [0.15, 0.2) is 0 Å². The van der Waals surface area contributed by atoms with Crippen molar-refractivity contribution < 1.29 is 27.5 Å². The van der Waals surface area contributed by atoms with Crippen LogP contribution in [0.5, 0.6) is 0 Å². The monoisotopic (exact) mass is 578 g/mol. The lowest BCUT2D eigenvalue weighted by atomic mass is 10.1. The van der Waals surface area contributed by atoms with E-state index >= 15 is 0 Å². The molecule has 0 aliphatic carbocycles. The minimum Gasteiger partial charge on any atom is -0.379 e. The van der Waals surface area contributed by atoms with Gasteiger partial charge in [-0.25, -0.2) is 8.42 Å². The number of hydrogen-bond acceptors (Lipinski definition) is 7. The highest BCUT2D eigenvalue weighted by Gasteiger charge is 2.45. The molecule has 0 N–H and O–H groups in total. The van der Waals surface area contributed by atoms with E-state index in [9.17, 15) is 18.0 Å². The van der Waals surface area contributed by atoms with Crippen LogP contribution >= 0.6 is 11.6 Å². The highest BCUT2D eigenvalue weighted by molar-refractivity contribution is 7.89. The van der Waals surface area contributed by atoms with Gasteiger partial charge in [-0.2, -0.15) is 4.31 Å². The smallest absolute Gasteiger partial charge is 0.245 e.